The molecule has 14 heavy (non-hydrogen) atoms. The molecule has 3 N–H and O–H groups in total. The van der Waals surface area contributed by atoms with E-state index in [9.17, 15) is 0 Å². The fourth-order valence-electron chi connectivity index (χ4n) is 1.33. The van der Waals surface area contributed by atoms with Crippen LogP contribution in [0, 0.1) is 0 Å². The number of nitrogens with two attached hydrogens (primary N) is 1. The average Bonchev–Trinajstić information content (AvgIpc) is 2.27. The summed E-state index contributed by atoms with van der Waals surface area (Å²) in [6.07, 6.45) is 0.933. The largest absolute Gasteiger partial charge is 0.497 e. The van der Waals surface area contributed by atoms with Gasteiger partial charge in [0.05, 0.1) is 19.8 Å². The van der Waals surface area contributed by atoms with Crippen LogP contribution < -0.4 is 10.5 Å². The van der Waals surface area contributed by atoms with Crippen LogP contribution in [0.3, 0.4) is 0 Å². The van der Waals surface area contributed by atoms with E-state index in [2.05, 4.69) is 6.92 Å². The van der Waals surface area contributed by atoms with E-state index < -0.39 is 0 Å². The van der Waals surface area contributed by atoms with Gasteiger partial charge in [-0.05, 0) is 29.7 Å². The molecular formula is C11H17NO2. The van der Waals surface area contributed by atoms with Crippen molar-refractivity contribution in [1.29, 1.82) is 0 Å². The van der Waals surface area contributed by atoms with E-state index in [1.807, 2.05) is 18.2 Å². The van der Waals surface area contributed by atoms with Crippen LogP contribution in [0.5, 0.6) is 5.75 Å². The number of methoxy groups -OCH3 is 1. The maximum atomic E-state index is 8.95. The zero-order valence-electron chi connectivity index (χ0n) is 8.66. The van der Waals surface area contributed by atoms with Gasteiger partial charge in [0.25, 0.3) is 0 Å². The van der Waals surface area contributed by atoms with E-state index in [0.29, 0.717) is 0 Å². The Morgan fingerprint density at radius 3 is 2.64 bits per heavy atom. The smallest absolute Gasteiger partial charge is 0.119 e. The van der Waals surface area contributed by atoms with E-state index in [1.165, 1.54) is 5.56 Å². The second-order valence-corrected chi connectivity index (χ2v) is 3.26. The Bertz CT molecular complexity index is 277. The van der Waals surface area contributed by atoms with Crippen molar-refractivity contribution >= 4 is 0 Å². The lowest BCUT2D eigenvalue weighted by Crippen LogP contribution is -2.14. The highest BCUT2D eigenvalue weighted by atomic mass is 16.5. The lowest BCUT2D eigenvalue weighted by atomic mass is 10.0. The minimum atomic E-state index is -0.324. The first kappa shape index (κ1) is 11.0. The van der Waals surface area contributed by atoms with Crippen molar-refractivity contribution in [3.05, 3.63) is 29.3 Å². The summed E-state index contributed by atoms with van der Waals surface area (Å²) in [6.45, 7) is 2.03. The number of aliphatic hydroxyl groups is 1. The highest BCUT2D eigenvalue weighted by Gasteiger charge is 2.07. The molecule has 0 aliphatic rings. The molecule has 0 aliphatic carbocycles. The number of hydrogen-bond donors (Lipinski definition) is 2. The topological polar surface area (TPSA) is 55.5 Å². The Morgan fingerprint density at radius 2 is 2.14 bits per heavy atom. The van der Waals surface area contributed by atoms with Crippen LogP contribution in [0.15, 0.2) is 18.2 Å². The Morgan fingerprint density at radius 1 is 1.43 bits per heavy atom. The van der Waals surface area contributed by atoms with Gasteiger partial charge in [0, 0.05) is 0 Å². The van der Waals surface area contributed by atoms with Crippen molar-refractivity contribution in [1.82, 2.24) is 0 Å². The van der Waals surface area contributed by atoms with E-state index in [0.717, 1.165) is 17.7 Å². The summed E-state index contributed by atoms with van der Waals surface area (Å²) >= 11 is 0. The van der Waals surface area contributed by atoms with Gasteiger partial charge < -0.3 is 15.6 Å². The molecule has 3 heteroatoms. The zero-order chi connectivity index (χ0) is 10.6. The van der Waals surface area contributed by atoms with Gasteiger partial charge in [0.2, 0.25) is 0 Å². The van der Waals surface area contributed by atoms with Crippen LogP contribution in [0.4, 0.5) is 0 Å². The number of aryl methyl sites for hydroxylation is 1. The van der Waals surface area contributed by atoms with Crippen LogP contribution in [-0.2, 0) is 6.42 Å². The van der Waals surface area contributed by atoms with Gasteiger partial charge in [-0.25, -0.2) is 0 Å². The highest BCUT2D eigenvalue weighted by Crippen LogP contribution is 2.21. The van der Waals surface area contributed by atoms with Gasteiger partial charge in [0.1, 0.15) is 5.75 Å². The first-order valence-corrected chi connectivity index (χ1v) is 4.75. The molecule has 0 amide bonds. The van der Waals surface area contributed by atoms with Crippen LogP contribution >= 0.6 is 0 Å². The summed E-state index contributed by atoms with van der Waals surface area (Å²) in [5.41, 5.74) is 7.83. The molecule has 3 nitrogen and oxygen atoms in total. The number of hydrogen-bond acceptors (Lipinski definition) is 3. The molecule has 1 aromatic rings. The Hall–Kier alpha value is -1.06. The van der Waals surface area contributed by atoms with Gasteiger partial charge in [-0.1, -0.05) is 13.0 Å². The second-order valence-electron chi connectivity index (χ2n) is 3.26. The molecule has 1 atom stereocenters. The van der Waals surface area contributed by atoms with E-state index >= 15 is 0 Å². The van der Waals surface area contributed by atoms with Crippen LogP contribution in [0.1, 0.15) is 24.1 Å². The standard InChI is InChI=1S/C11H17NO2/c1-3-8-4-9(11(12)7-13)6-10(5-8)14-2/h4-6,11,13H,3,7,12H2,1-2H3. The van der Waals surface area contributed by atoms with Crippen molar-refractivity contribution in [2.75, 3.05) is 13.7 Å². The monoisotopic (exact) mass is 195 g/mol. The third-order valence-electron chi connectivity index (χ3n) is 2.26. The van der Waals surface area contributed by atoms with E-state index in [1.54, 1.807) is 7.11 Å². The van der Waals surface area contributed by atoms with Crippen LogP contribution in [0.2, 0.25) is 0 Å². The quantitative estimate of drug-likeness (QED) is 0.760. The van der Waals surface area contributed by atoms with Gasteiger partial charge in [-0.2, -0.15) is 0 Å². The fourth-order valence-corrected chi connectivity index (χ4v) is 1.33. The second kappa shape index (κ2) is 4.98. The van der Waals surface area contributed by atoms with Crippen LogP contribution in [-0.4, -0.2) is 18.8 Å². The van der Waals surface area contributed by atoms with Gasteiger partial charge in [-0.15, -0.1) is 0 Å². The van der Waals surface area contributed by atoms with Crippen molar-refractivity contribution in [2.45, 2.75) is 19.4 Å². The molecule has 1 aromatic carbocycles. The number of ether oxygens (including phenoxy) is 1. The molecule has 1 unspecified atom stereocenters. The van der Waals surface area contributed by atoms with Gasteiger partial charge >= 0.3 is 0 Å². The minimum absolute atomic E-state index is 0.0453. The Balaban J connectivity index is 3.04. The SMILES string of the molecule is CCc1cc(OC)cc(C(N)CO)c1. The zero-order valence-corrected chi connectivity index (χ0v) is 8.66. The molecule has 0 saturated heterocycles. The number of benzene rings is 1. The first-order chi connectivity index (χ1) is 6.71. The lowest BCUT2D eigenvalue weighted by molar-refractivity contribution is 0.267. The predicted molar refractivity (Wildman–Crippen MR) is 56.4 cm³/mol. The summed E-state index contributed by atoms with van der Waals surface area (Å²) < 4.78 is 5.15. The molecule has 0 aliphatic heterocycles. The minimum Gasteiger partial charge on any atom is -0.497 e. The molecule has 78 valence electrons. The molecule has 0 bridgehead atoms. The normalized spacial score (nSPS) is 12.6. The first-order valence-electron chi connectivity index (χ1n) is 4.75. The highest BCUT2D eigenvalue weighted by molar-refractivity contribution is 5.36. The molecule has 0 fully saturated rings. The summed E-state index contributed by atoms with van der Waals surface area (Å²) in [7, 11) is 1.63. The third-order valence-corrected chi connectivity index (χ3v) is 2.26. The van der Waals surface area contributed by atoms with E-state index in [4.69, 9.17) is 15.6 Å². The molecular weight excluding hydrogens is 178 g/mol. The van der Waals surface area contributed by atoms with Gasteiger partial charge in [0.15, 0.2) is 0 Å². The number of rotatable bonds is 4. The molecule has 1 rings (SSSR count). The third kappa shape index (κ3) is 2.47. The van der Waals surface area contributed by atoms with Crippen molar-refractivity contribution < 1.29 is 9.84 Å². The van der Waals surface area contributed by atoms with E-state index in [-0.39, 0.29) is 12.6 Å². The summed E-state index contributed by atoms with van der Waals surface area (Å²) in [5.74, 6) is 0.795. The molecule has 0 heterocycles. The van der Waals surface area contributed by atoms with Gasteiger partial charge in [-0.3, -0.25) is 0 Å². The van der Waals surface area contributed by atoms with Crippen molar-refractivity contribution in [2.24, 2.45) is 5.73 Å². The van der Waals surface area contributed by atoms with Crippen LogP contribution in [0.25, 0.3) is 0 Å². The fraction of sp³-hybridized carbons (Fsp3) is 0.455. The molecule has 0 aromatic heterocycles. The maximum Gasteiger partial charge on any atom is 0.119 e. The van der Waals surface area contributed by atoms with Crippen molar-refractivity contribution in [3.8, 4) is 5.75 Å². The number of aliphatic hydroxyl groups excluding tert-OH is 1. The summed E-state index contributed by atoms with van der Waals surface area (Å²) in [6, 6.07) is 5.52. The Kier molecular flexibility index (Phi) is 3.92. The maximum absolute atomic E-state index is 8.95. The molecule has 0 spiro atoms. The van der Waals surface area contributed by atoms with Crippen molar-refractivity contribution in [3.63, 3.8) is 0 Å². The predicted octanol–water partition coefficient (Wildman–Crippen LogP) is 1.25. The lowest BCUT2D eigenvalue weighted by Gasteiger charge is -2.12. The summed E-state index contributed by atoms with van der Waals surface area (Å²) in [4.78, 5) is 0. The average molecular weight is 195 g/mol. The molecule has 0 radical (unpaired) electrons. The Labute approximate surface area is 84.5 Å². The summed E-state index contributed by atoms with van der Waals surface area (Å²) in [5, 5.41) is 8.95. The molecule has 0 saturated carbocycles.